The summed E-state index contributed by atoms with van der Waals surface area (Å²) in [7, 11) is 0. The largest absolute Gasteiger partial charge is 0.478 e. The molecule has 3 N–H and O–H groups in total. The summed E-state index contributed by atoms with van der Waals surface area (Å²) in [6.07, 6.45) is 5.71. The van der Waals surface area contributed by atoms with E-state index >= 15 is 0 Å². The molecule has 0 spiro atoms. The average molecular weight is 452 g/mol. The van der Waals surface area contributed by atoms with Gasteiger partial charge in [-0.2, -0.15) is 0 Å². The van der Waals surface area contributed by atoms with E-state index in [9.17, 15) is 19.5 Å². The Balaban J connectivity index is 1.71. The van der Waals surface area contributed by atoms with Crippen molar-refractivity contribution in [2.75, 3.05) is 31.6 Å². The lowest BCUT2D eigenvalue weighted by atomic mass is 9.99. The number of anilines is 1. The monoisotopic (exact) mass is 451 g/mol. The van der Waals surface area contributed by atoms with Crippen LogP contribution < -0.4 is 5.32 Å². The second kappa shape index (κ2) is 9.62. The molecule has 4 rings (SSSR count). The van der Waals surface area contributed by atoms with Crippen LogP contribution in [-0.4, -0.2) is 59.1 Å². The maximum atomic E-state index is 12.7. The smallest absolute Gasteiger partial charge is 0.340 e. The first kappa shape index (κ1) is 22.8. The molecule has 0 radical (unpaired) electrons. The van der Waals surface area contributed by atoms with E-state index in [2.05, 4.69) is 15.2 Å². The van der Waals surface area contributed by atoms with Gasteiger partial charge in [-0.25, -0.2) is 9.59 Å². The molecule has 0 bridgehead atoms. The van der Waals surface area contributed by atoms with Crippen molar-refractivity contribution in [3.63, 3.8) is 0 Å². The molecular formula is C25H29N3O5. The SMILES string of the molecule is CCOC(=O)c1c(C)[nH]c(/C=C2\C(=O)Nc3ccc(C(=O)O)cc32)c1CCCN1CCCC1. The van der Waals surface area contributed by atoms with Crippen molar-refractivity contribution >= 4 is 35.2 Å². The number of amides is 1. The highest BCUT2D eigenvalue weighted by atomic mass is 16.5. The number of aromatic carboxylic acids is 1. The Labute approximate surface area is 192 Å². The molecular weight excluding hydrogens is 422 g/mol. The molecule has 33 heavy (non-hydrogen) atoms. The average Bonchev–Trinajstić information content (AvgIpc) is 3.47. The van der Waals surface area contributed by atoms with Crippen LogP contribution in [0.3, 0.4) is 0 Å². The third kappa shape index (κ3) is 4.71. The highest BCUT2D eigenvalue weighted by molar-refractivity contribution is 6.35. The van der Waals surface area contributed by atoms with Gasteiger partial charge in [0.25, 0.3) is 5.91 Å². The molecule has 1 aromatic heterocycles. The number of nitrogens with one attached hydrogen (secondary N) is 2. The molecule has 8 heteroatoms. The van der Waals surface area contributed by atoms with E-state index in [0.717, 1.165) is 31.6 Å². The second-order valence-electron chi connectivity index (χ2n) is 8.47. The van der Waals surface area contributed by atoms with Gasteiger partial charge in [-0.15, -0.1) is 0 Å². The molecule has 1 amide bonds. The zero-order chi connectivity index (χ0) is 23.5. The van der Waals surface area contributed by atoms with E-state index in [0.29, 0.717) is 40.2 Å². The number of likely N-dealkylation sites (tertiary alicyclic amines) is 1. The lowest BCUT2D eigenvalue weighted by Gasteiger charge is -2.14. The Kier molecular flexibility index (Phi) is 6.65. The lowest BCUT2D eigenvalue weighted by molar-refractivity contribution is -0.110. The number of rotatable bonds is 8. The van der Waals surface area contributed by atoms with Crippen LogP contribution in [0.25, 0.3) is 11.6 Å². The molecule has 0 atom stereocenters. The summed E-state index contributed by atoms with van der Waals surface area (Å²) in [4.78, 5) is 42.5. The van der Waals surface area contributed by atoms with Gasteiger partial charge in [0, 0.05) is 22.6 Å². The molecule has 1 aromatic carbocycles. The normalized spacial score (nSPS) is 16.8. The predicted molar refractivity (Wildman–Crippen MR) is 125 cm³/mol. The van der Waals surface area contributed by atoms with Gasteiger partial charge in [-0.3, -0.25) is 4.79 Å². The quantitative estimate of drug-likeness (QED) is 0.417. The first-order valence-corrected chi connectivity index (χ1v) is 11.4. The molecule has 2 aliphatic rings. The van der Waals surface area contributed by atoms with Crippen molar-refractivity contribution < 1.29 is 24.2 Å². The topological polar surface area (TPSA) is 112 Å². The van der Waals surface area contributed by atoms with Gasteiger partial charge in [0.15, 0.2) is 0 Å². The standard InChI is InChI=1S/C25H29N3O5/c1-3-33-25(32)22-15(2)26-21(17(22)7-6-12-28-10-4-5-11-28)14-19-18-13-16(24(30)31)8-9-20(18)27-23(19)29/h8-9,13-14,26H,3-7,10-12H2,1-2H3,(H,27,29)(H,30,31)/b19-14-. The summed E-state index contributed by atoms with van der Waals surface area (Å²) in [5, 5.41) is 12.1. The number of ether oxygens (including phenoxy) is 1. The fraction of sp³-hybridized carbons (Fsp3) is 0.400. The third-order valence-electron chi connectivity index (χ3n) is 6.24. The van der Waals surface area contributed by atoms with Crippen molar-refractivity contribution in [3.8, 4) is 0 Å². The number of esters is 1. The van der Waals surface area contributed by atoms with E-state index in [1.165, 1.54) is 25.0 Å². The molecule has 2 aliphatic heterocycles. The minimum atomic E-state index is -1.06. The van der Waals surface area contributed by atoms with E-state index < -0.39 is 5.97 Å². The second-order valence-corrected chi connectivity index (χ2v) is 8.47. The van der Waals surface area contributed by atoms with Crippen LogP contribution in [0.4, 0.5) is 5.69 Å². The van der Waals surface area contributed by atoms with E-state index in [1.54, 1.807) is 19.1 Å². The van der Waals surface area contributed by atoms with Crippen molar-refractivity contribution in [2.24, 2.45) is 0 Å². The van der Waals surface area contributed by atoms with Crippen molar-refractivity contribution in [1.29, 1.82) is 0 Å². The fourth-order valence-corrected chi connectivity index (χ4v) is 4.66. The Bertz CT molecular complexity index is 1130. The van der Waals surface area contributed by atoms with Crippen LogP contribution in [0.1, 0.15) is 69.4 Å². The van der Waals surface area contributed by atoms with Crippen LogP contribution in [0.2, 0.25) is 0 Å². The van der Waals surface area contributed by atoms with E-state index in [4.69, 9.17) is 4.74 Å². The first-order valence-electron chi connectivity index (χ1n) is 11.4. The zero-order valence-electron chi connectivity index (χ0n) is 19.0. The van der Waals surface area contributed by atoms with Crippen LogP contribution in [0, 0.1) is 6.92 Å². The highest BCUT2D eigenvalue weighted by Crippen LogP contribution is 2.35. The molecule has 1 fully saturated rings. The van der Waals surface area contributed by atoms with Crippen LogP contribution in [0.5, 0.6) is 0 Å². The zero-order valence-corrected chi connectivity index (χ0v) is 19.0. The number of carbonyl (C=O) groups is 3. The van der Waals surface area contributed by atoms with Gasteiger partial charge in [0.2, 0.25) is 0 Å². The Morgan fingerprint density at radius 3 is 2.70 bits per heavy atom. The fourth-order valence-electron chi connectivity index (χ4n) is 4.66. The maximum Gasteiger partial charge on any atom is 0.340 e. The number of carbonyl (C=O) groups excluding carboxylic acids is 2. The Morgan fingerprint density at radius 1 is 1.24 bits per heavy atom. The van der Waals surface area contributed by atoms with Crippen molar-refractivity contribution in [1.82, 2.24) is 9.88 Å². The van der Waals surface area contributed by atoms with Gasteiger partial charge < -0.3 is 25.0 Å². The summed E-state index contributed by atoms with van der Waals surface area (Å²) in [5.41, 5.74) is 4.29. The number of aromatic amines is 1. The Hall–Kier alpha value is -3.39. The lowest BCUT2D eigenvalue weighted by Crippen LogP contribution is -2.21. The number of benzene rings is 1. The molecule has 8 nitrogen and oxygen atoms in total. The number of aryl methyl sites for hydroxylation is 1. The molecule has 0 saturated carbocycles. The molecule has 174 valence electrons. The minimum Gasteiger partial charge on any atom is -0.478 e. The third-order valence-corrected chi connectivity index (χ3v) is 6.24. The van der Waals surface area contributed by atoms with Gasteiger partial charge in [0.1, 0.15) is 0 Å². The molecule has 0 aliphatic carbocycles. The first-order chi connectivity index (χ1) is 15.9. The van der Waals surface area contributed by atoms with Gasteiger partial charge in [-0.05, 0) is 89.0 Å². The summed E-state index contributed by atoms with van der Waals surface area (Å²) in [6.45, 7) is 7.04. The van der Waals surface area contributed by atoms with E-state index in [-0.39, 0.29) is 24.0 Å². The molecule has 1 saturated heterocycles. The number of aromatic nitrogens is 1. The number of H-pyrrole nitrogens is 1. The van der Waals surface area contributed by atoms with Crippen molar-refractivity contribution in [2.45, 2.75) is 39.5 Å². The van der Waals surface area contributed by atoms with Gasteiger partial charge in [0.05, 0.1) is 23.3 Å². The van der Waals surface area contributed by atoms with Crippen molar-refractivity contribution in [3.05, 3.63) is 51.8 Å². The Morgan fingerprint density at radius 2 is 2.00 bits per heavy atom. The van der Waals surface area contributed by atoms with Crippen LogP contribution in [0.15, 0.2) is 18.2 Å². The number of hydrogen-bond acceptors (Lipinski definition) is 5. The number of nitrogens with zero attached hydrogens (tertiary/aromatic N) is 1. The summed E-state index contributed by atoms with van der Waals surface area (Å²) < 4.78 is 5.30. The van der Waals surface area contributed by atoms with Gasteiger partial charge in [-0.1, -0.05) is 0 Å². The van der Waals surface area contributed by atoms with E-state index in [1.807, 2.05) is 6.92 Å². The van der Waals surface area contributed by atoms with Crippen LogP contribution >= 0.6 is 0 Å². The van der Waals surface area contributed by atoms with Crippen LogP contribution in [-0.2, 0) is 16.0 Å². The summed E-state index contributed by atoms with van der Waals surface area (Å²) >= 11 is 0. The number of hydrogen-bond donors (Lipinski definition) is 3. The highest BCUT2D eigenvalue weighted by Gasteiger charge is 2.28. The number of carboxylic acids is 1. The molecule has 0 unspecified atom stereocenters. The molecule has 3 heterocycles. The summed E-state index contributed by atoms with van der Waals surface area (Å²) in [6, 6.07) is 4.56. The minimum absolute atomic E-state index is 0.108. The predicted octanol–water partition coefficient (Wildman–Crippen LogP) is 3.72. The summed E-state index contributed by atoms with van der Waals surface area (Å²) in [5.74, 6) is -1.74. The number of carboxylic acid groups (broad SMARTS) is 1. The number of fused-ring (bicyclic) bond motifs is 1. The molecule has 2 aromatic rings. The van der Waals surface area contributed by atoms with Gasteiger partial charge >= 0.3 is 11.9 Å². The maximum absolute atomic E-state index is 12.7.